The lowest BCUT2D eigenvalue weighted by atomic mass is 9.92. The largest absolute Gasteiger partial charge is 0.324 e. The number of urea groups is 1. The summed E-state index contributed by atoms with van der Waals surface area (Å²) in [5.41, 5.74) is 5.79. The van der Waals surface area contributed by atoms with Crippen molar-refractivity contribution in [3.05, 3.63) is 96.2 Å². The zero-order valence-electron chi connectivity index (χ0n) is 24.9. The molecule has 0 radical (unpaired) electrons. The third-order valence-corrected chi connectivity index (χ3v) is 9.36. The molecule has 2 aromatic carbocycles. The molecule has 43 heavy (non-hydrogen) atoms. The Kier molecular flexibility index (Phi) is 7.83. The van der Waals surface area contributed by atoms with E-state index in [2.05, 4.69) is 54.6 Å². The normalized spacial score (nSPS) is 16.8. The summed E-state index contributed by atoms with van der Waals surface area (Å²) < 4.78 is 13.6. The molecule has 8 nitrogen and oxygen atoms in total. The quantitative estimate of drug-likeness (QED) is 0.220. The molecular weight excluding hydrogens is 556 g/mol. The van der Waals surface area contributed by atoms with Gasteiger partial charge in [-0.3, -0.25) is 19.5 Å². The SMILES string of the molecule is Cc1ccc(-n2nc(C(C)(C)C)cc2NC(=O)Nc2ccc3ccccc3c2-c2ccc(CC3CCS(=O)C3)nc2)cn1. The number of carbonyl (C=O) groups excluding carboxylic acids is 1. The molecule has 2 unspecified atom stereocenters. The highest BCUT2D eigenvalue weighted by Gasteiger charge is 2.23. The smallest absolute Gasteiger partial charge is 0.307 e. The first-order valence-corrected chi connectivity index (χ1v) is 16.1. The number of benzene rings is 2. The van der Waals surface area contributed by atoms with Gasteiger partial charge >= 0.3 is 6.03 Å². The van der Waals surface area contributed by atoms with E-state index in [1.807, 2.05) is 61.7 Å². The highest BCUT2D eigenvalue weighted by molar-refractivity contribution is 7.85. The standard InChI is InChI=1S/C34H36N6O2S/c1-22-9-13-27(20-35-22)40-31(18-30(39-40)34(2,3)4)38-33(41)37-29-14-11-24-7-5-6-8-28(24)32(29)25-10-12-26(36-19-25)17-23-15-16-43(42)21-23/h5-14,18-20,23H,15-17,21H2,1-4H3,(H2,37,38,41). The molecule has 2 N–H and O–H groups in total. The van der Waals surface area contributed by atoms with Gasteiger partial charge in [0.15, 0.2) is 0 Å². The lowest BCUT2D eigenvalue weighted by Crippen LogP contribution is -2.21. The molecule has 6 rings (SSSR count). The summed E-state index contributed by atoms with van der Waals surface area (Å²) in [6.07, 6.45) is 5.44. The van der Waals surface area contributed by atoms with Crippen LogP contribution in [0.15, 0.2) is 79.1 Å². The monoisotopic (exact) mass is 592 g/mol. The van der Waals surface area contributed by atoms with Gasteiger partial charge in [-0.2, -0.15) is 5.10 Å². The van der Waals surface area contributed by atoms with Crippen LogP contribution in [-0.4, -0.2) is 41.5 Å². The first-order chi connectivity index (χ1) is 20.6. The van der Waals surface area contributed by atoms with Crippen LogP contribution in [0.4, 0.5) is 16.3 Å². The van der Waals surface area contributed by atoms with E-state index in [9.17, 15) is 9.00 Å². The van der Waals surface area contributed by atoms with E-state index in [4.69, 9.17) is 10.1 Å². The van der Waals surface area contributed by atoms with Crippen molar-refractivity contribution >= 4 is 39.1 Å². The van der Waals surface area contributed by atoms with E-state index in [1.165, 1.54) is 0 Å². The number of anilines is 2. The fraction of sp³-hybridized carbons (Fsp3) is 0.294. The molecule has 1 aliphatic rings. The molecule has 1 saturated heterocycles. The third kappa shape index (κ3) is 6.37. The van der Waals surface area contributed by atoms with Gasteiger partial charge in [0.05, 0.1) is 23.3 Å². The van der Waals surface area contributed by atoms with Crippen LogP contribution in [0, 0.1) is 12.8 Å². The maximum atomic E-state index is 13.6. The Bertz CT molecular complexity index is 1810. The van der Waals surface area contributed by atoms with E-state index in [0.29, 0.717) is 17.4 Å². The molecule has 9 heteroatoms. The van der Waals surface area contributed by atoms with Crippen LogP contribution < -0.4 is 10.6 Å². The molecular formula is C34H36N6O2S. The second-order valence-corrected chi connectivity index (χ2v) is 13.9. The van der Waals surface area contributed by atoms with Crippen LogP contribution in [-0.2, 0) is 22.6 Å². The lowest BCUT2D eigenvalue weighted by Gasteiger charge is -2.16. The van der Waals surface area contributed by atoms with Crippen molar-refractivity contribution in [1.29, 1.82) is 0 Å². The van der Waals surface area contributed by atoms with E-state index >= 15 is 0 Å². The molecule has 220 valence electrons. The average molecular weight is 593 g/mol. The average Bonchev–Trinajstić information content (AvgIpc) is 3.60. The van der Waals surface area contributed by atoms with Crippen molar-refractivity contribution in [3.8, 4) is 16.8 Å². The fourth-order valence-corrected chi connectivity index (χ4v) is 7.03. The number of carbonyl (C=O) groups is 1. The van der Waals surface area contributed by atoms with Gasteiger partial charge in [0, 0.05) is 62.5 Å². The van der Waals surface area contributed by atoms with Crippen molar-refractivity contribution in [2.75, 3.05) is 22.1 Å². The van der Waals surface area contributed by atoms with Crippen LogP contribution in [0.25, 0.3) is 27.6 Å². The highest BCUT2D eigenvalue weighted by Crippen LogP contribution is 2.36. The molecule has 0 spiro atoms. The van der Waals surface area contributed by atoms with E-state index in [0.717, 1.165) is 69.0 Å². The predicted octanol–water partition coefficient (Wildman–Crippen LogP) is 7.04. The summed E-state index contributed by atoms with van der Waals surface area (Å²) >= 11 is 0. The van der Waals surface area contributed by atoms with Gasteiger partial charge in [-0.25, -0.2) is 9.48 Å². The van der Waals surface area contributed by atoms with Gasteiger partial charge < -0.3 is 5.32 Å². The van der Waals surface area contributed by atoms with Gasteiger partial charge in [-0.15, -0.1) is 0 Å². The number of rotatable bonds is 6. The Morgan fingerprint density at radius 2 is 1.84 bits per heavy atom. The maximum absolute atomic E-state index is 13.6. The van der Waals surface area contributed by atoms with Gasteiger partial charge in [0.1, 0.15) is 5.82 Å². The zero-order valence-corrected chi connectivity index (χ0v) is 25.7. The minimum Gasteiger partial charge on any atom is -0.307 e. The van der Waals surface area contributed by atoms with Crippen LogP contribution in [0.1, 0.15) is 44.3 Å². The minimum atomic E-state index is -0.700. The lowest BCUT2D eigenvalue weighted by molar-refractivity contribution is 0.262. The number of amides is 2. The number of nitrogens with one attached hydrogen (secondary N) is 2. The van der Waals surface area contributed by atoms with Crippen LogP contribution in [0.3, 0.4) is 0 Å². The second kappa shape index (κ2) is 11.7. The van der Waals surface area contributed by atoms with Crippen LogP contribution >= 0.6 is 0 Å². The molecule has 1 fully saturated rings. The maximum Gasteiger partial charge on any atom is 0.324 e. The predicted molar refractivity (Wildman–Crippen MR) is 174 cm³/mol. The molecule has 0 aliphatic carbocycles. The van der Waals surface area contributed by atoms with E-state index in [1.54, 1.807) is 10.9 Å². The summed E-state index contributed by atoms with van der Waals surface area (Å²) in [5, 5.41) is 13.0. The first-order valence-electron chi connectivity index (χ1n) is 14.6. The molecule has 4 heterocycles. The number of aromatic nitrogens is 4. The molecule has 3 aromatic heterocycles. The molecule has 1 aliphatic heterocycles. The number of fused-ring (bicyclic) bond motifs is 1. The zero-order chi connectivity index (χ0) is 30.1. The summed E-state index contributed by atoms with van der Waals surface area (Å²) in [4.78, 5) is 22.7. The van der Waals surface area contributed by atoms with Crippen LogP contribution in [0.5, 0.6) is 0 Å². The van der Waals surface area contributed by atoms with Gasteiger partial charge in [-0.1, -0.05) is 57.2 Å². The Morgan fingerprint density at radius 3 is 2.53 bits per heavy atom. The van der Waals surface area contributed by atoms with Crippen molar-refractivity contribution in [3.63, 3.8) is 0 Å². The fourth-order valence-electron chi connectivity index (χ4n) is 5.45. The molecule has 2 amide bonds. The van der Waals surface area contributed by atoms with Gasteiger partial charge in [0.2, 0.25) is 0 Å². The van der Waals surface area contributed by atoms with Crippen molar-refractivity contribution < 1.29 is 9.00 Å². The summed E-state index contributed by atoms with van der Waals surface area (Å²) in [6.45, 7) is 8.20. The topological polar surface area (TPSA) is 102 Å². The number of aryl methyl sites for hydroxylation is 1. The van der Waals surface area contributed by atoms with Crippen molar-refractivity contribution in [1.82, 2.24) is 19.7 Å². The molecule has 0 saturated carbocycles. The number of hydrogen-bond acceptors (Lipinski definition) is 5. The number of pyridine rings is 2. The number of hydrogen-bond donors (Lipinski definition) is 2. The van der Waals surface area contributed by atoms with Crippen molar-refractivity contribution in [2.24, 2.45) is 5.92 Å². The molecule has 5 aromatic rings. The Labute approximate surface area is 254 Å². The third-order valence-electron chi connectivity index (χ3n) is 7.82. The Morgan fingerprint density at radius 1 is 1.00 bits per heavy atom. The summed E-state index contributed by atoms with van der Waals surface area (Å²) in [5.74, 6) is 2.51. The van der Waals surface area contributed by atoms with Crippen molar-refractivity contribution in [2.45, 2.75) is 46.0 Å². The molecule has 2 atom stereocenters. The molecule has 0 bridgehead atoms. The van der Waals surface area contributed by atoms with E-state index < -0.39 is 10.8 Å². The second-order valence-electron chi connectivity index (χ2n) is 12.2. The summed E-state index contributed by atoms with van der Waals surface area (Å²) in [7, 11) is -0.700. The first kappa shape index (κ1) is 28.7. The highest BCUT2D eigenvalue weighted by atomic mass is 32.2. The minimum absolute atomic E-state index is 0.212. The summed E-state index contributed by atoms with van der Waals surface area (Å²) in [6, 6.07) is 21.6. The Balaban J connectivity index is 1.30. The van der Waals surface area contributed by atoms with Gasteiger partial charge in [-0.05, 0) is 60.7 Å². The Hall–Kier alpha value is -4.37. The van der Waals surface area contributed by atoms with E-state index in [-0.39, 0.29) is 11.4 Å². The number of nitrogens with zero attached hydrogens (tertiary/aromatic N) is 4. The van der Waals surface area contributed by atoms with Gasteiger partial charge in [0.25, 0.3) is 0 Å². The van der Waals surface area contributed by atoms with Crippen LogP contribution in [0.2, 0.25) is 0 Å².